The highest BCUT2D eigenvalue weighted by Gasteiger charge is 2.35. The summed E-state index contributed by atoms with van der Waals surface area (Å²) in [6.07, 6.45) is 5.77. The van der Waals surface area contributed by atoms with E-state index in [0.717, 1.165) is 31.8 Å². The number of esters is 1. The zero-order valence-electron chi connectivity index (χ0n) is 11.7. The van der Waals surface area contributed by atoms with Crippen LogP contribution in [0.25, 0.3) is 0 Å². The van der Waals surface area contributed by atoms with Crippen LogP contribution in [0.15, 0.2) is 0 Å². The molecule has 2 rings (SSSR count). The molecule has 18 heavy (non-hydrogen) atoms. The SMILES string of the molecule is CCCC(NC1CCN(C2CC2)C1)C(=O)OCC. The van der Waals surface area contributed by atoms with Crippen LogP contribution in [-0.4, -0.2) is 48.7 Å². The number of carbonyl (C=O) groups is 1. The Labute approximate surface area is 110 Å². The highest BCUT2D eigenvalue weighted by atomic mass is 16.5. The van der Waals surface area contributed by atoms with Gasteiger partial charge in [0.1, 0.15) is 6.04 Å². The second kappa shape index (κ2) is 6.53. The number of nitrogens with one attached hydrogen (secondary N) is 1. The summed E-state index contributed by atoms with van der Waals surface area (Å²) >= 11 is 0. The topological polar surface area (TPSA) is 41.6 Å². The summed E-state index contributed by atoms with van der Waals surface area (Å²) in [5, 5.41) is 3.50. The molecule has 2 atom stereocenters. The fourth-order valence-corrected chi connectivity index (χ4v) is 2.78. The largest absolute Gasteiger partial charge is 0.465 e. The van der Waals surface area contributed by atoms with E-state index in [1.807, 2.05) is 6.92 Å². The van der Waals surface area contributed by atoms with Crippen molar-refractivity contribution in [2.75, 3.05) is 19.7 Å². The molecule has 1 N–H and O–H groups in total. The molecule has 2 unspecified atom stereocenters. The molecule has 1 aliphatic carbocycles. The zero-order chi connectivity index (χ0) is 13.0. The Balaban J connectivity index is 1.78. The predicted octanol–water partition coefficient (Wildman–Crippen LogP) is 1.54. The first kappa shape index (κ1) is 13.8. The van der Waals surface area contributed by atoms with Crippen molar-refractivity contribution < 1.29 is 9.53 Å². The van der Waals surface area contributed by atoms with E-state index in [0.29, 0.717) is 12.6 Å². The number of ether oxygens (including phenoxy) is 1. The van der Waals surface area contributed by atoms with Crippen LogP contribution in [0, 0.1) is 0 Å². The third-order valence-electron chi connectivity index (χ3n) is 3.87. The lowest BCUT2D eigenvalue weighted by molar-refractivity contribution is -0.146. The number of nitrogens with zero attached hydrogens (tertiary/aromatic N) is 1. The van der Waals surface area contributed by atoms with Gasteiger partial charge in [-0.05, 0) is 32.6 Å². The third kappa shape index (κ3) is 3.69. The van der Waals surface area contributed by atoms with Gasteiger partial charge in [0.25, 0.3) is 0 Å². The molecular formula is C14H26N2O2. The van der Waals surface area contributed by atoms with E-state index >= 15 is 0 Å². The maximum Gasteiger partial charge on any atom is 0.323 e. The van der Waals surface area contributed by atoms with Gasteiger partial charge in [-0.15, -0.1) is 0 Å². The van der Waals surface area contributed by atoms with Crippen LogP contribution in [0.4, 0.5) is 0 Å². The molecule has 0 aromatic carbocycles. The lowest BCUT2D eigenvalue weighted by atomic mass is 10.1. The first-order valence-corrected chi connectivity index (χ1v) is 7.41. The summed E-state index contributed by atoms with van der Waals surface area (Å²) in [6.45, 7) is 6.73. The molecule has 0 aromatic rings. The van der Waals surface area contributed by atoms with Crippen molar-refractivity contribution in [3.8, 4) is 0 Å². The fourth-order valence-electron chi connectivity index (χ4n) is 2.78. The van der Waals surface area contributed by atoms with Crippen LogP contribution < -0.4 is 5.32 Å². The molecule has 4 heteroatoms. The average Bonchev–Trinajstić information content (AvgIpc) is 3.10. The minimum absolute atomic E-state index is 0.0794. The Morgan fingerprint density at radius 3 is 2.78 bits per heavy atom. The first-order valence-electron chi connectivity index (χ1n) is 7.41. The van der Waals surface area contributed by atoms with Crippen molar-refractivity contribution in [3.05, 3.63) is 0 Å². The van der Waals surface area contributed by atoms with Gasteiger partial charge in [0.15, 0.2) is 0 Å². The number of rotatable bonds is 7. The minimum atomic E-state index is -0.112. The lowest BCUT2D eigenvalue weighted by Gasteiger charge is -2.21. The quantitative estimate of drug-likeness (QED) is 0.700. The van der Waals surface area contributed by atoms with E-state index in [1.165, 1.54) is 19.4 Å². The molecule has 1 saturated heterocycles. The lowest BCUT2D eigenvalue weighted by Crippen LogP contribution is -2.45. The van der Waals surface area contributed by atoms with Crippen molar-refractivity contribution in [3.63, 3.8) is 0 Å². The van der Waals surface area contributed by atoms with Gasteiger partial charge in [-0.2, -0.15) is 0 Å². The van der Waals surface area contributed by atoms with Crippen molar-refractivity contribution >= 4 is 5.97 Å². The number of likely N-dealkylation sites (tertiary alicyclic amines) is 1. The number of carbonyl (C=O) groups excluding carboxylic acids is 1. The van der Waals surface area contributed by atoms with Gasteiger partial charge in [0.05, 0.1) is 6.61 Å². The summed E-state index contributed by atoms with van der Waals surface area (Å²) in [4.78, 5) is 14.4. The molecule has 2 fully saturated rings. The maximum atomic E-state index is 11.9. The van der Waals surface area contributed by atoms with Gasteiger partial charge >= 0.3 is 5.97 Å². The standard InChI is InChI=1S/C14H26N2O2/c1-3-5-13(14(17)18-4-2)15-11-8-9-16(10-11)12-6-7-12/h11-13,15H,3-10H2,1-2H3. The molecular weight excluding hydrogens is 228 g/mol. The van der Waals surface area contributed by atoms with E-state index in [4.69, 9.17) is 4.74 Å². The average molecular weight is 254 g/mol. The van der Waals surface area contributed by atoms with Gasteiger partial charge in [-0.25, -0.2) is 0 Å². The van der Waals surface area contributed by atoms with E-state index in [-0.39, 0.29) is 12.0 Å². The molecule has 0 spiro atoms. The van der Waals surface area contributed by atoms with Crippen molar-refractivity contribution in [1.29, 1.82) is 0 Å². The summed E-state index contributed by atoms with van der Waals surface area (Å²) in [5.41, 5.74) is 0. The molecule has 0 aromatic heterocycles. The van der Waals surface area contributed by atoms with Crippen molar-refractivity contribution in [2.45, 2.75) is 64.1 Å². The van der Waals surface area contributed by atoms with Crippen LogP contribution in [0.5, 0.6) is 0 Å². The van der Waals surface area contributed by atoms with Crippen LogP contribution in [0.3, 0.4) is 0 Å². The third-order valence-corrected chi connectivity index (χ3v) is 3.87. The highest BCUT2D eigenvalue weighted by Crippen LogP contribution is 2.29. The summed E-state index contributed by atoms with van der Waals surface area (Å²) < 4.78 is 5.14. The molecule has 2 aliphatic rings. The molecule has 1 saturated carbocycles. The second-order valence-electron chi connectivity index (χ2n) is 5.47. The van der Waals surface area contributed by atoms with Crippen LogP contribution in [0.1, 0.15) is 46.0 Å². The fraction of sp³-hybridized carbons (Fsp3) is 0.929. The molecule has 0 radical (unpaired) electrons. The van der Waals surface area contributed by atoms with Gasteiger partial charge in [-0.3, -0.25) is 9.69 Å². The van der Waals surface area contributed by atoms with Crippen LogP contribution >= 0.6 is 0 Å². The van der Waals surface area contributed by atoms with E-state index in [9.17, 15) is 4.79 Å². The highest BCUT2D eigenvalue weighted by molar-refractivity contribution is 5.75. The predicted molar refractivity (Wildman–Crippen MR) is 71.5 cm³/mol. The van der Waals surface area contributed by atoms with Crippen LogP contribution in [-0.2, 0) is 9.53 Å². The van der Waals surface area contributed by atoms with E-state index < -0.39 is 0 Å². The molecule has 0 amide bonds. The smallest absolute Gasteiger partial charge is 0.323 e. The Morgan fingerprint density at radius 1 is 1.39 bits per heavy atom. The zero-order valence-corrected chi connectivity index (χ0v) is 11.7. The number of hydrogen-bond donors (Lipinski definition) is 1. The summed E-state index contributed by atoms with van der Waals surface area (Å²) in [5.74, 6) is -0.0794. The molecule has 4 nitrogen and oxygen atoms in total. The summed E-state index contributed by atoms with van der Waals surface area (Å²) in [7, 11) is 0. The van der Waals surface area contributed by atoms with Crippen molar-refractivity contribution in [1.82, 2.24) is 10.2 Å². The van der Waals surface area contributed by atoms with Gasteiger partial charge in [-0.1, -0.05) is 13.3 Å². The van der Waals surface area contributed by atoms with Gasteiger partial charge in [0.2, 0.25) is 0 Å². The molecule has 1 heterocycles. The second-order valence-corrected chi connectivity index (χ2v) is 5.47. The Bertz CT molecular complexity index is 279. The molecule has 0 bridgehead atoms. The monoisotopic (exact) mass is 254 g/mol. The Morgan fingerprint density at radius 2 is 2.17 bits per heavy atom. The molecule has 104 valence electrons. The van der Waals surface area contributed by atoms with Crippen molar-refractivity contribution in [2.24, 2.45) is 0 Å². The first-order chi connectivity index (χ1) is 8.74. The van der Waals surface area contributed by atoms with Gasteiger partial charge in [0, 0.05) is 25.2 Å². The van der Waals surface area contributed by atoms with E-state index in [1.54, 1.807) is 0 Å². The maximum absolute atomic E-state index is 11.9. The molecule has 1 aliphatic heterocycles. The number of hydrogen-bond acceptors (Lipinski definition) is 4. The van der Waals surface area contributed by atoms with Gasteiger partial charge < -0.3 is 10.1 Å². The minimum Gasteiger partial charge on any atom is -0.465 e. The Kier molecular flexibility index (Phi) is 5.01. The van der Waals surface area contributed by atoms with Crippen LogP contribution in [0.2, 0.25) is 0 Å². The summed E-state index contributed by atoms with van der Waals surface area (Å²) in [6, 6.07) is 1.19. The Hall–Kier alpha value is -0.610. The van der Waals surface area contributed by atoms with E-state index in [2.05, 4.69) is 17.1 Å². The normalized spacial score (nSPS) is 26.2.